The molecule has 140 valence electrons. The molecule has 4 atom stereocenters. The molecule has 6 nitrogen and oxygen atoms in total. The van der Waals surface area contributed by atoms with Crippen LogP contribution >= 0.6 is 0 Å². The summed E-state index contributed by atoms with van der Waals surface area (Å²) in [5.41, 5.74) is -1.12. The van der Waals surface area contributed by atoms with Gasteiger partial charge in [0.1, 0.15) is 5.78 Å². The fraction of sp³-hybridized carbons (Fsp3) is 0.941. The van der Waals surface area contributed by atoms with Gasteiger partial charge in [0.15, 0.2) is 0 Å². The van der Waals surface area contributed by atoms with E-state index in [1.54, 1.807) is 0 Å². The van der Waals surface area contributed by atoms with Gasteiger partial charge in [-0.1, -0.05) is 13.8 Å². The highest BCUT2D eigenvalue weighted by molar-refractivity contribution is 7.85. The van der Waals surface area contributed by atoms with E-state index in [1.165, 1.54) is 12.8 Å². The number of aliphatic hydroxyl groups is 1. The van der Waals surface area contributed by atoms with Gasteiger partial charge in [-0.2, -0.15) is 8.42 Å². The van der Waals surface area contributed by atoms with E-state index in [1.807, 2.05) is 13.8 Å². The Morgan fingerprint density at radius 3 is 2.29 bits per heavy atom. The van der Waals surface area contributed by atoms with E-state index in [-0.39, 0.29) is 17.1 Å². The number of hydrogen-bond acceptors (Lipinski definition) is 5. The van der Waals surface area contributed by atoms with Crippen molar-refractivity contribution in [1.82, 2.24) is 5.32 Å². The lowest BCUT2D eigenvalue weighted by Crippen LogP contribution is -2.42. The molecular weight excluding hydrogens is 330 g/mol. The summed E-state index contributed by atoms with van der Waals surface area (Å²) in [6.07, 6.45) is 4.37. The summed E-state index contributed by atoms with van der Waals surface area (Å²) in [6.45, 7) is 7.42. The molecule has 0 radical (unpaired) electrons. The number of ketones is 1. The Hall–Kier alpha value is -0.500. The van der Waals surface area contributed by atoms with Crippen LogP contribution in [0.25, 0.3) is 0 Å². The molecular formula is C17H31NO5S. The molecule has 3 aliphatic rings. The first kappa shape index (κ1) is 19.8. The SMILES string of the molecule is CC1(C)C2CCC1(CS(=O)(=O)O)C(=O)C2.C[C@@H]1CC[C@@H](CO)CN1. The van der Waals surface area contributed by atoms with Crippen molar-refractivity contribution in [2.75, 3.05) is 18.9 Å². The average molecular weight is 362 g/mol. The van der Waals surface area contributed by atoms with Crippen molar-refractivity contribution in [3.63, 3.8) is 0 Å². The zero-order valence-corrected chi connectivity index (χ0v) is 15.7. The van der Waals surface area contributed by atoms with E-state index in [0.717, 1.165) is 13.0 Å². The number of Topliss-reactive ketones (excluding diaryl/α,β-unsaturated/α-hetero) is 1. The fourth-order valence-corrected chi connectivity index (χ4v) is 5.93. The van der Waals surface area contributed by atoms with Crippen LogP contribution in [-0.2, 0) is 14.9 Å². The van der Waals surface area contributed by atoms with E-state index >= 15 is 0 Å². The van der Waals surface area contributed by atoms with Crippen molar-refractivity contribution >= 4 is 15.9 Å². The lowest BCUT2D eigenvalue weighted by atomic mass is 9.70. The van der Waals surface area contributed by atoms with E-state index in [2.05, 4.69) is 12.2 Å². The smallest absolute Gasteiger partial charge is 0.265 e. The summed E-state index contributed by atoms with van der Waals surface area (Å²) in [6, 6.07) is 0.660. The number of piperidine rings is 1. The molecule has 0 amide bonds. The minimum atomic E-state index is -4.08. The zero-order chi connectivity index (χ0) is 18.2. The number of hydrogen-bond donors (Lipinski definition) is 3. The normalized spacial score (nSPS) is 37.9. The van der Waals surface area contributed by atoms with Gasteiger partial charge in [-0.25, -0.2) is 0 Å². The predicted octanol–water partition coefficient (Wildman–Crippen LogP) is 1.64. The fourth-order valence-electron chi connectivity index (χ4n) is 4.63. The molecule has 2 bridgehead atoms. The minimum Gasteiger partial charge on any atom is -0.396 e. The molecule has 3 N–H and O–H groups in total. The largest absolute Gasteiger partial charge is 0.396 e. The number of fused-ring (bicyclic) bond motifs is 2. The molecule has 0 aromatic carbocycles. The van der Waals surface area contributed by atoms with Gasteiger partial charge in [0, 0.05) is 25.6 Å². The van der Waals surface area contributed by atoms with Gasteiger partial charge >= 0.3 is 0 Å². The molecule has 24 heavy (non-hydrogen) atoms. The van der Waals surface area contributed by atoms with Crippen molar-refractivity contribution in [2.45, 2.75) is 58.9 Å². The maximum absolute atomic E-state index is 11.9. The molecule has 0 spiro atoms. The Kier molecular flexibility index (Phi) is 5.79. The van der Waals surface area contributed by atoms with E-state index in [0.29, 0.717) is 31.4 Å². The van der Waals surface area contributed by atoms with Gasteiger partial charge in [-0.05, 0) is 49.9 Å². The lowest BCUT2D eigenvalue weighted by Gasteiger charge is -2.35. The summed E-state index contributed by atoms with van der Waals surface area (Å²) >= 11 is 0. The molecule has 2 unspecified atom stereocenters. The maximum atomic E-state index is 11.9. The molecule has 0 aromatic rings. The van der Waals surface area contributed by atoms with Crippen LogP contribution in [0.2, 0.25) is 0 Å². The Balaban J connectivity index is 0.000000198. The highest BCUT2D eigenvalue weighted by Gasteiger charge is 2.65. The number of rotatable bonds is 3. The Bertz CT molecular complexity index is 566. The molecule has 2 aliphatic carbocycles. The van der Waals surface area contributed by atoms with Crippen LogP contribution in [0.1, 0.15) is 52.9 Å². The molecule has 0 aromatic heterocycles. The monoisotopic (exact) mass is 361 g/mol. The number of carbonyl (C=O) groups is 1. The van der Waals surface area contributed by atoms with Gasteiger partial charge in [-0.15, -0.1) is 0 Å². The summed E-state index contributed by atoms with van der Waals surface area (Å²) in [7, 11) is -4.08. The van der Waals surface area contributed by atoms with Crippen molar-refractivity contribution in [2.24, 2.45) is 22.7 Å². The van der Waals surface area contributed by atoms with Crippen molar-refractivity contribution < 1.29 is 22.9 Å². The van der Waals surface area contributed by atoms with Gasteiger partial charge in [0.05, 0.1) is 11.2 Å². The van der Waals surface area contributed by atoms with Crippen molar-refractivity contribution in [1.29, 1.82) is 0 Å². The molecule has 3 fully saturated rings. The van der Waals surface area contributed by atoms with Crippen LogP contribution in [-0.4, -0.2) is 48.8 Å². The molecule has 1 heterocycles. The summed E-state index contributed by atoms with van der Waals surface area (Å²) in [5, 5.41) is 12.1. The molecule has 2 saturated carbocycles. The molecule has 7 heteroatoms. The average Bonchev–Trinajstić information content (AvgIpc) is 2.81. The van der Waals surface area contributed by atoms with E-state index in [4.69, 9.17) is 9.66 Å². The van der Waals surface area contributed by atoms with Gasteiger partial charge in [-0.3, -0.25) is 9.35 Å². The highest BCUT2D eigenvalue weighted by Crippen LogP contribution is 2.64. The first-order valence-electron chi connectivity index (χ1n) is 8.84. The third-order valence-corrected chi connectivity index (χ3v) is 7.45. The molecule has 1 saturated heterocycles. The van der Waals surface area contributed by atoms with E-state index in [9.17, 15) is 13.2 Å². The van der Waals surface area contributed by atoms with Crippen molar-refractivity contribution in [3.05, 3.63) is 0 Å². The first-order valence-corrected chi connectivity index (χ1v) is 10.5. The lowest BCUT2D eigenvalue weighted by molar-refractivity contribution is -0.128. The predicted molar refractivity (Wildman–Crippen MR) is 92.3 cm³/mol. The topological polar surface area (TPSA) is 104 Å². The summed E-state index contributed by atoms with van der Waals surface area (Å²) < 4.78 is 31.0. The number of nitrogens with one attached hydrogen (secondary N) is 1. The Morgan fingerprint density at radius 1 is 1.25 bits per heavy atom. The van der Waals surface area contributed by atoms with E-state index < -0.39 is 21.3 Å². The second-order valence-corrected chi connectivity index (χ2v) is 9.78. The third kappa shape index (κ3) is 3.84. The van der Waals surface area contributed by atoms with Crippen molar-refractivity contribution in [3.8, 4) is 0 Å². The highest BCUT2D eigenvalue weighted by atomic mass is 32.2. The Labute approximate surface area is 145 Å². The standard InChI is InChI=1S/C10H16O4S.C7H15NO/c1-9(2)7-3-4-10(9,8(11)5-7)6-15(12,13)14;1-6-2-3-7(5-9)4-8-6/h7H,3-6H2,1-2H3,(H,12,13,14);6-9H,2-5H2,1H3/t;6-,7-/m.1/s1. The second-order valence-electron chi connectivity index (χ2n) is 8.33. The molecule has 1 aliphatic heterocycles. The van der Waals surface area contributed by atoms with Gasteiger partial charge in [0.25, 0.3) is 10.1 Å². The maximum Gasteiger partial charge on any atom is 0.265 e. The summed E-state index contributed by atoms with van der Waals surface area (Å²) in [5.74, 6) is 0.414. The summed E-state index contributed by atoms with van der Waals surface area (Å²) in [4.78, 5) is 11.9. The molecule has 3 rings (SSSR count). The van der Waals surface area contributed by atoms with Crippen LogP contribution < -0.4 is 5.32 Å². The third-order valence-electron chi connectivity index (χ3n) is 6.59. The van der Waals surface area contributed by atoms with Crippen LogP contribution in [0, 0.1) is 22.7 Å². The Morgan fingerprint density at radius 2 is 1.92 bits per heavy atom. The van der Waals surface area contributed by atoms with Crippen LogP contribution in [0.3, 0.4) is 0 Å². The quantitative estimate of drug-likeness (QED) is 0.660. The minimum absolute atomic E-state index is 0.0152. The van der Waals surface area contributed by atoms with Gasteiger partial charge < -0.3 is 10.4 Å². The zero-order valence-electron chi connectivity index (χ0n) is 14.9. The number of aliphatic hydroxyl groups excluding tert-OH is 1. The van der Waals surface area contributed by atoms with Crippen LogP contribution in [0.4, 0.5) is 0 Å². The second kappa shape index (κ2) is 7.02. The number of carbonyl (C=O) groups excluding carboxylic acids is 1. The van der Waals surface area contributed by atoms with Crippen LogP contribution in [0.15, 0.2) is 0 Å². The van der Waals surface area contributed by atoms with Gasteiger partial charge in [0.2, 0.25) is 0 Å². The van der Waals surface area contributed by atoms with Crippen LogP contribution in [0.5, 0.6) is 0 Å². The first-order chi connectivity index (χ1) is 11.0.